The van der Waals surface area contributed by atoms with E-state index in [2.05, 4.69) is 36.7 Å². The van der Waals surface area contributed by atoms with Crippen LogP contribution in [0.4, 0.5) is 0 Å². The average molecular weight is 188 g/mol. The minimum Gasteiger partial charge on any atom is -0.399 e. The molecule has 0 radical (unpaired) electrons. The number of nitrogens with zero attached hydrogens (tertiary/aromatic N) is 1. The summed E-state index contributed by atoms with van der Waals surface area (Å²) in [5.74, 6) is 0. The zero-order valence-corrected chi connectivity index (χ0v) is 8.59. The Morgan fingerprint density at radius 2 is 2.21 bits per heavy atom. The maximum Gasteiger partial charge on any atom is 0.0314 e. The van der Waals surface area contributed by atoms with Gasteiger partial charge >= 0.3 is 0 Å². The molecule has 1 heterocycles. The molecule has 0 saturated heterocycles. The first-order valence-corrected chi connectivity index (χ1v) is 4.92. The summed E-state index contributed by atoms with van der Waals surface area (Å²) in [5.41, 5.74) is 10.2. The smallest absolute Gasteiger partial charge is 0.0314 e. The molecule has 0 atom stereocenters. The van der Waals surface area contributed by atoms with Crippen LogP contribution in [0, 0.1) is 0 Å². The van der Waals surface area contributed by atoms with Crippen LogP contribution in [0.5, 0.6) is 0 Å². The molecular formula is C12H16N2. The molecule has 0 fully saturated rings. The summed E-state index contributed by atoms with van der Waals surface area (Å²) in [4.78, 5) is 2.33. The quantitative estimate of drug-likeness (QED) is 0.725. The number of likely N-dealkylation sites (N-methyl/N-ethyl adjacent to an activating group) is 1. The van der Waals surface area contributed by atoms with Gasteiger partial charge in [0.1, 0.15) is 0 Å². The fourth-order valence-electron chi connectivity index (χ4n) is 1.89. The Balaban J connectivity index is 2.36. The number of hydrogen-bond donors (Lipinski definition) is 1. The van der Waals surface area contributed by atoms with Crippen molar-refractivity contribution >= 4 is 5.70 Å². The van der Waals surface area contributed by atoms with Crippen molar-refractivity contribution in [1.82, 2.24) is 4.90 Å². The maximum atomic E-state index is 5.67. The van der Waals surface area contributed by atoms with Gasteiger partial charge in [0.25, 0.3) is 0 Å². The highest BCUT2D eigenvalue weighted by atomic mass is 15.1. The molecule has 2 N–H and O–H groups in total. The Kier molecular flexibility index (Phi) is 2.30. The lowest BCUT2D eigenvalue weighted by Crippen LogP contribution is -2.26. The van der Waals surface area contributed by atoms with Gasteiger partial charge in [-0.3, -0.25) is 0 Å². The molecule has 0 amide bonds. The van der Waals surface area contributed by atoms with Crippen molar-refractivity contribution in [2.75, 3.05) is 13.6 Å². The van der Waals surface area contributed by atoms with Gasteiger partial charge in [0.15, 0.2) is 0 Å². The average Bonchev–Trinajstić information content (AvgIpc) is 2.16. The number of hydrogen-bond acceptors (Lipinski definition) is 2. The first kappa shape index (κ1) is 9.28. The minimum absolute atomic E-state index is 0.659. The first-order valence-electron chi connectivity index (χ1n) is 4.92. The van der Waals surface area contributed by atoms with Gasteiger partial charge in [0.2, 0.25) is 0 Å². The standard InChI is InChI=1S/C12H16N2/c1-9(13)10-3-4-12-8-14(2)6-5-11(12)7-10/h3-4,7H,1,5-6,8,13H2,2H3. The molecule has 2 nitrogen and oxygen atoms in total. The molecule has 0 bridgehead atoms. The lowest BCUT2D eigenvalue weighted by atomic mass is 9.97. The molecule has 0 spiro atoms. The molecule has 0 aliphatic carbocycles. The highest BCUT2D eigenvalue weighted by Gasteiger charge is 2.13. The van der Waals surface area contributed by atoms with Gasteiger partial charge in [-0.2, -0.15) is 0 Å². The normalized spacial score (nSPS) is 16.4. The van der Waals surface area contributed by atoms with Crippen LogP contribution < -0.4 is 5.73 Å². The van der Waals surface area contributed by atoms with E-state index in [0.29, 0.717) is 5.70 Å². The summed E-state index contributed by atoms with van der Waals surface area (Å²) >= 11 is 0. The zero-order chi connectivity index (χ0) is 10.1. The lowest BCUT2D eigenvalue weighted by Gasteiger charge is -2.25. The van der Waals surface area contributed by atoms with E-state index in [4.69, 9.17) is 5.73 Å². The Labute approximate surface area is 85.0 Å². The molecular weight excluding hydrogens is 172 g/mol. The highest BCUT2D eigenvalue weighted by Crippen LogP contribution is 2.20. The number of benzene rings is 1. The van der Waals surface area contributed by atoms with E-state index >= 15 is 0 Å². The summed E-state index contributed by atoms with van der Waals surface area (Å²) in [5, 5.41) is 0. The summed E-state index contributed by atoms with van der Waals surface area (Å²) in [6, 6.07) is 6.39. The number of nitrogens with two attached hydrogens (primary N) is 1. The van der Waals surface area contributed by atoms with Crippen LogP contribution in [0.25, 0.3) is 5.70 Å². The zero-order valence-electron chi connectivity index (χ0n) is 8.59. The third-order valence-corrected chi connectivity index (χ3v) is 2.78. The third-order valence-electron chi connectivity index (χ3n) is 2.78. The Bertz CT molecular complexity index is 369. The molecule has 1 aromatic carbocycles. The van der Waals surface area contributed by atoms with Crippen LogP contribution >= 0.6 is 0 Å². The molecule has 14 heavy (non-hydrogen) atoms. The summed E-state index contributed by atoms with van der Waals surface area (Å²) in [6.07, 6.45) is 1.12. The molecule has 1 aliphatic rings. The predicted octanol–water partition coefficient (Wildman–Crippen LogP) is 1.60. The van der Waals surface area contributed by atoms with Gasteiger partial charge in [-0.05, 0) is 36.2 Å². The van der Waals surface area contributed by atoms with Crippen molar-refractivity contribution in [3.63, 3.8) is 0 Å². The van der Waals surface area contributed by atoms with Crippen LogP contribution in [-0.4, -0.2) is 18.5 Å². The molecule has 0 unspecified atom stereocenters. The van der Waals surface area contributed by atoms with Crippen molar-refractivity contribution < 1.29 is 0 Å². The fraction of sp³-hybridized carbons (Fsp3) is 0.333. The molecule has 1 aliphatic heterocycles. The molecule has 74 valence electrons. The van der Waals surface area contributed by atoms with Gasteiger partial charge in [-0.15, -0.1) is 0 Å². The SMILES string of the molecule is C=C(N)c1ccc2c(c1)CCN(C)C2. The van der Waals surface area contributed by atoms with E-state index in [1.54, 1.807) is 0 Å². The molecule has 0 aromatic heterocycles. The van der Waals surface area contributed by atoms with E-state index in [1.807, 2.05) is 0 Å². The van der Waals surface area contributed by atoms with E-state index in [-0.39, 0.29) is 0 Å². The summed E-state index contributed by atoms with van der Waals surface area (Å²) < 4.78 is 0. The van der Waals surface area contributed by atoms with Crippen LogP contribution in [0.15, 0.2) is 24.8 Å². The Hall–Kier alpha value is -1.28. The molecule has 2 rings (SSSR count). The third kappa shape index (κ3) is 1.66. The van der Waals surface area contributed by atoms with Gasteiger partial charge in [0.05, 0.1) is 0 Å². The number of fused-ring (bicyclic) bond motifs is 1. The topological polar surface area (TPSA) is 29.3 Å². The van der Waals surface area contributed by atoms with E-state index < -0.39 is 0 Å². The summed E-state index contributed by atoms with van der Waals surface area (Å²) in [6.45, 7) is 5.94. The summed E-state index contributed by atoms with van der Waals surface area (Å²) in [7, 11) is 2.15. The van der Waals surface area contributed by atoms with Gasteiger partial charge < -0.3 is 10.6 Å². The molecule has 2 heteroatoms. The van der Waals surface area contributed by atoms with Crippen LogP contribution in [0.1, 0.15) is 16.7 Å². The van der Waals surface area contributed by atoms with Crippen LogP contribution in [0.2, 0.25) is 0 Å². The van der Waals surface area contributed by atoms with E-state index in [1.165, 1.54) is 11.1 Å². The van der Waals surface area contributed by atoms with Crippen molar-refractivity contribution in [3.05, 3.63) is 41.5 Å². The minimum atomic E-state index is 0.659. The largest absolute Gasteiger partial charge is 0.399 e. The fourth-order valence-corrected chi connectivity index (χ4v) is 1.89. The first-order chi connectivity index (χ1) is 6.66. The van der Waals surface area contributed by atoms with Crippen molar-refractivity contribution in [3.8, 4) is 0 Å². The van der Waals surface area contributed by atoms with E-state index in [0.717, 1.165) is 25.1 Å². The van der Waals surface area contributed by atoms with Crippen molar-refractivity contribution in [1.29, 1.82) is 0 Å². The second-order valence-electron chi connectivity index (χ2n) is 4.00. The Morgan fingerprint density at radius 1 is 1.43 bits per heavy atom. The number of rotatable bonds is 1. The predicted molar refractivity (Wildman–Crippen MR) is 59.7 cm³/mol. The maximum absolute atomic E-state index is 5.67. The van der Waals surface area contributed by atoms with Crippen molar-refractivity contribution in [2.24, 2.45) is 5.73 Å². The molecule has 0 saturated carbocycles. The highest BCUT2D eigenvalue weighted by molar-refractivity contribution is 5.61. The van der Waals surface area contributed by atoms with E-state index in [9.17, 15) is 0 Å². The lowest BCUT2D eigenvalue weighted by molar-refractivity contribution is 0.313. The van der Waals surface area contributed by atoms with Crippen molar-refractivity contribution in [2.45, 2.75) is 13.0 Å². The van der Waals surface area contributed by atoms with Gasteiger partial charge in [-0.25, -0.2) is 0 Å². The van der Waals surface area contributed by atoms with Crippen LogP contribution in [-0.2, 0) is 13.0 Å². The molecule has 1 aromatic rings. The monoisotopic (exact) mass is 188 g/mol. The van der Waals surface area contributed by atoms with Gasteiger partial charge in [0, 0.05) is 18.8 Å². The van der Waals surface area contributed by atoms with Gasteiger partial charge in [-0.1, -0.05) is 18.7 Å². The second-order valence-corrected chi connectivity index (χ2v) is 4.00. The van der Waals surface area contributed by atoms with Crippen LogP contribution in [0.3, 0.4) is 0 Å². The second kappa shape index (κ2) is 3.46. The Morgan fingerprint density at radius 3 is 2.93 bits per heavy atom.